The first kappa shape index (κ1) is 12.6. The van der Waals surface area contributed by atoms with Crippen LogP contribution in [0.15, 0.2) is 16.7 Å². The average Bonchev–Trinajstić information content (AvgIpc) is 2.67. The number of hydrogen-bond acceptors (Lipinski definition) is 2. The quantitative estimate of drug-likeness (QED) is 0.797. The van der Waals surface area contributed by atoms with Crippen LogP contribution in [-0.4, -0.2) is 7.05 Å². The molecule has 0 fully saturated rings. The summed E-state index contributed by atoms with van der Waals surface area (Å²) in [5.41, 5.74) is 1.08. The van der Waals surface area contributed by atoms with E-state index in [4.69, 9.17) is 16.0 Å². The maximum atomic E-state index is 5.98. The Labute approximate surface area is 97.0 Å². The second-order valence-corrected chi connectivity index (χ2v) is 4.25. The van der Waals surface area contributed by atoms with Crippen molar-refractivity contribution in [2.75, 3.05) is 7.05 Å². The lowest BCUT2D eigenvalue weighted by molar-refractivity contribution is 0.383. The normalized spacial score (nSPS) is 13.4. The molecule has 1 atom stereocenters. The van der Waals surface area contributed by atoms with Crippen LogP contribution in [0.1, 0.15) is 44.7 Å². The molecule has 1 aromatic heterocycles. The smallest absolute Gasteiger partial charge is 0.197 e. The van der Waals surface area contributed by atoms with E-state index in [2.05, 4.69) is 19.2 Å². The molecule has 3 heteroatoms. The summed E-state index contributed by atoms with van der Waals surface area (Å²) in [6.45, 7) is 4.47. The summed E-state index contributed by atoms with van der Waals surface area (Å²) < 4.78 is 5.12. The zero-order chi connectivity index (χ0) is 11.3. The lowest BCUT2D eigenvalue weighted by atomic mass is 9.92. The van der Waals surface area contributed by atoms with Crippen LogP contribution in [0, 0.1) is 5.92 Å². The van der Waals surface area contributed by atoms with Gasteiger partial charge in [0.25, 0.3) is 0 Å². The third-order valence-electron chi connectivity index (χ3n) is 3.09. The maximum Gasteiger partial charge on any atom is 0.197 e. The first-order valence-electron chi connectivity index (χ1n) is 5.63. The molecular weight excluding hydrogens is 210 g/mol. The molecule has 1 heterocycles. The molecule has 0 amide bonds. The molecule has 0 saturated carbocycles. The van der Waals surface area contributed by atoms with Crippen LogP contribution in [0.5, 0.6) is 0 Å². The van der Waals surface area contributed by atoms with Crippen molar-refractivity contribution in [1.82, 2.24) is 5.32 Å². The van der Waals surface area contributed by atoms with Gasteiger partial charge in [0.1, 0.15) is 0 Å². The Morgan fingerprint density at radius 3 is 2.47 bits per heavy atom. The fraction of sp³-hybridized carbons (Fsp3) is 0.667. The minimum absolute atomic E-state index is 0.307. The van der Waals surface area contributed by atoms with Crippen LogP contribution in [0.4, 0.5) is 0 Å². The maximum absolute atomic E-state index is 5.98. The Morgan fingerprint density at radius 1 is 1.40 bits per heavy atom. The summed E-state index contributed by atoms with van der Waals surface area (Å²) in [6, 6.07) is 2.26. The largest absolute Gasteiger partial charge is 0.453 e. The van der Waals surface area contributed by atoms with E-state index in [1.54, 1.807) is 6.26 Å². The third-order valence-corrected chi connectivity index (χ3v) is 3.40. The first-order valence-corrected chi connectivity index (χ1v) is 6.00. The van der Waals surface area contributed by atoms with E-state index in [-0.39, 0.29) is 0 Å². The Morgan fingerprint density at radius 2 is 2.07 bits per heavy atom. The Bertz CT molecular complexity index is 281. The molecule has 0 saturated heterocycles. The van der Waals surface area contributed by atoms with Gasteiger partial charge in [-0.15, -0.1) is 0 Å². The highest BCUT2D eigenvalue weighted by molar-refractivity contribution is 6.29. The van der Waals surface area contributed by atoms with Gasteiger partial charge < -0.3 is 9.73 Å². The first-order chi connectivity index (χ1) is 7.22. The predicted octanol–water partition coefficient (Wildman–Crippen LogP) is 4.02. The van der Waals surface area contributed by atoms with Gasteiger partial charge in [-0.25, -0.2) is 0 Å². The highest BCUT2D eigenvalue weighted by atomic mass is 35.5. The third kappa shape index (κ3) is 3.25. The molecule has 1 N–H and O–H groups in total. The average molecular weight is 230 g/mol. The SMILES string of the molecule is CCC(CC)CC(NC)c1ccoc1Cl. The molecule has 0 aliphatic carbocycles. The van der Waals surface area contributed by atoms with Crippen LogP contribution in [0.25, 0.3) is 0 Å². The molecule has 2 nitrogen and oxygen atoms in total. The molecule has 15 heavy (non-hydrogen) atoms. The van der Waals surface area contributed by atoms with Gasteiger partial charge in [0, 0.05) is 11.6 Å². The van der Waals surface area contributed by atoms with Gasteiger partial charge in [0.05, 0.1) is 6.26 Å². The van der Waals surface area contributed by atoms with Gasteiger partial charge in [0.2, 0.25) is 0 Å². The van der Waals surface area contributed by atoms with Crippen molar-refractivity contribution in [1.29, 1.82) is 0 Å². The number of halogens is 1. The fourth-order valence-corrected chi connectivity index (χ4v) is 2.16. The number of nitrogens with one attached hydrogen (secondary N) is 1. The summed E-state index contributed by atoms with van der Waals surface area (Å²) in [6.07, 6.45) is 5.19. The van der Waals surface area contributed by atoms with E-state index in [0.717, 1.165) is 17.9 Å². The van der Waals surface area contributed by atoms with Gasteiger partial charge >= 0.3 is 0 Å². The van der Waals surface area contributed by atoms with Crippen LogP contribution in [0.2, 0.25) is 5.22 Å². The van der Waals surface area contributed by atoms with E-state index in [9.17, 15) is 0 Å². The molecular formula is C12H20ClNO. The van der Waals surface area contributed by atoms with Crippen molar-refractivity contribution in [2.24, 2.45) is 5.92 Å². The van der Waals surface area contributed by atoms with Gasteiger partial charge in [0.15, 0.2) is 5.22 Å². The molecule has 0 aromatic carbocycles. The highest BCUT2D eigenvalue weighted by Gasteiger charge is 2.18. The summed E-state index contributed by atoms with van der Waals surface area (Å²) >= 11 is 5.98. The topological polar surface area (TPSA) is 25.2 Å². The van der Waals surface area contributed by atoms with Crippen LogP contribution in [0.3, 0.4) is 0 Å². The van der Waals surface area contributed by atoms with Crippen molar-refractivity contribution in [3.63, 3.8) is 0 Å². The van der Waals surface area contributed by atoms with E-state index in [0.29, 0.717) is 11.3 Å². The van der Waals surface area contributed by atoms with Crippen LogP contribution < -0.4 is 5.32 Å². The second-order valence-electron chi connectivity index (χ2n) is 3.91. The number of furan rings is 1. The van der Waals surface area contributed by atoms with Crippen molar-refractivity contribution in [3.05, 3.63) is 23.1 Å². The Hall–Kier alpha value is -0.470. The van der Waals surface area contributed by atoms with Gasteiger partial charge in [-0.1, -0.05) is 26.7 Å². The zero-order valence-corrected chi connectivity index (χ0v) is 10.5. The van der Waals surface area contributed by atoms with E-state index in [1.165, 1.54) is 12.8 Å². The molecule has 1 unspecified atom stereocenters. The molecule has 0 spiro atoms. The van der Waals surface area contributed by atoms with E-state index < -0.39 is 0 Å². The van der Waals surface area contributed by atoms with E-state index >= 15 is 0 Å². The predicted molar refractivity (Wildman–Crippen MR) is 64.2 cm³/mol. The summed E-state index contributed by atoms with van der Waals surface area (Å²) in [5, 5.41) is 3.81. The Kier molecular flexibility index (Phi) is 5.20. The lowest BCUT2D eigenvalue weighted by Crippen LogP contribution is -2.19. The molecule has 0 bridgehead atoms. The molecule has 1 aromatic rings. The zero-order valence-electron chi connectivity index (χ0n) is 9.72. The second kappa shape index (κ2) is 6.19. The molecule has 0 aliphatic rings. The van der Waals surface area contributed by atoms with Crippen molar-refractivity contribution >= 4 is 11.6 Å². The minimum atomic E-state index is 0.307. The lowest BCUT2D eigenvalue weighted by Gasteiger charge is -2.20. The monoisotopic (exact) mass is 229 g/mol. The molecule has 1 rings (SSSR count). The molecule has 0 radical (unpaired) electrons. The summed E-state index contributed by atoms with van der Waals surface area (Å²) in [4.78, 5) is 0. The number of rotatable bonds is 6. The standard InChI is InChI=1S/C12H20ClNO/c1-4-9(5-2)8-11(14-3)10-6-7-15-12(10)13/h6-7,9,11,14H,4-5,8H2,1-3H3. The van der Waals surface area contributed by atoms with Gasteiger partial charge in [-0.2, -0.15) is 0 Å². The highest BCUT2D eigenvalue weighted by Crippen LogP contribution is 2.30. The Balaban J connectivity index is 2.68. The van der Waals surface area contributed by atoms with Crippen molar-refractivity contribution < 1.29 is 4.42 Å². The molecule has 0 aliphatic heterocycles. The molecule has 86 valence electrons. The minimum Gasteiger partial charge on any atom is -0.453 e. The van der Waals surface area contributed by atoms with Crippen LogP contribution in [-0.2, 0) is 0 Å². The van der Waals surface area contributed by atoms with E-state index in [1.807, 2.05) is 13.1 Å². The van der Waals surface area contributed by atoms with Gasteiger partial charge in [-0.3, -0.25) is 0 Å². The van der Waals surface area contributed by atoms with Crippen LogP contribution >= 0.6 is 11.6 Å². The van der Waals surface area contributed by atoms with Crippen molar-refractivity contribution in [2.45, 2.75) is 39.2 Å². The van der Waals surface area contributed by atoms with Crippen molar-refractivity contribution in [3.8, 4) is 0 Å². The van der Waals surface area contributed by atoms with Gasteiger partial charge in [-0.05, 0) is 37.1 Å². The summed E-state index contributed by atoms with van der Waals surface area (Å²) in [5.74, 6) is 0.744. The fourth-order valence-electron chi connectivity index (χ4n) is 1.91. The number of hydrogen-bond donors (Lipinski definition) is 1. The summed E-state index contributed by atoms with van der Waals surface area (Å²) in [7, 11) is 1.97.